The van der Waals surface area contributed by atoms with Crippen molar-refractivity contribution in [3.63, 3.8) is 0 Å². The average molecular weight is 770 g/mol. The minimum Gasteiger partial charge on any atom is -0.308 e. The number of fused-ring (bicyclic) bond motifs is 18. The summed E-state index contributed by atoms with van der Waals surface area (Å²) in [6.45, 7) is 4.86. The Bertz CT molecular complexity index is 3630. The average Bonchev–Trinajstić information content (AvgIpc) is 3.93. The predicted octanol–water partition coefficient (Wildman–Crippen LogP) is 15.9. The van der Waals surface area contributed by atoms with Gasteiger partial charge in [0.1, 0.15) is 0 Å². The molecule has 0 fully saturated rings. The van der Waals surface area contributed by atoms with Gasteiger partial charge in [-0.3, -0.25) is 0 Å². The molecule has 2 unspecified atom stereocenters. The van der Waals surface area contributed by atoms with Gasteiger partial charge in [0.2, 0.25) is 0 Å². The molecular weight excluding hydrogens is 731 g/mol. The van der Waals surface area contributed by atoms with Gasteiger partial charge in [0.15, 0.2) is 0 Å². The van der Waals surface area contributed by atoms with E-state index in [9.17, 15) is 0 Å². The third-order valence-corrected chi connectivity index (χ3v) is 15.1. The van der Waals surface area contributed by atoms with E-state index in [0.717, 1.165) is 0 Å². The maximum Gasteiger partial charge on any atom is 0.0627 e. The number of benzene rings is 9. The molecular formula is C57H39NS. The zero-order valence-corrected chi connectivity index (χ0v) is 33.7. The van der Waals surface area contributed by atoms with Gasteiger partial charge >= 0.3 is 0 Å². The standard InChI is InChI=1S/C57H39NS/c1-57(2)48-23-13-12-18-41(48)42-30-26-37(33-49(42)57)36-27-31-50-47(32-36)52-53-51-43-19-8-6-16-39(43)40-17-7-9-20-44(40)54(51)58(55(53)45-21-10-11-22-46(45)56(52)59-50)38-28-24-35(25-29-38)34-14-4-3-5-15-34/h3-33,42,49H,1-2H3. The molecule has 0 N–H and O–H groups in total. The van der Waals surface area contributed by atoms with Crippen molar-refractivity contribution < 1.29 is 0 Å². The van der Waals surface area contributed by atoms with Gasteiger partial charge in [0.05, 0.1) is 11.0 Å². The molecule has 11 aromatic rings. The van der Waals surface area contributed by atoms with Crippen LogP contribution in [0.15, 0.2) is 188 Å². The topological polar surface area (TPSA) is 4.93 Å². The van der Waals surface area contributed by atoms with Gasteiger partial charge in [-0.1, -0.05) is 178 Å². The van der Waals surface area contributed by atoms with Crippen LogP contribution in [0.4, 0.5) is 0 Å². The molecule has 2 atom stereocenters. The van der Waals surface area contributed by atoms with Gasteiger partial charge in [0, 0.05) is 58.7 Å². The normalized spacial score (nSPS) is 17.2. The molecule has 1 nitrogen and oxygen atoms in total. The van der Waals surface area contributed by atoms with Crippen LogP contribution in [-0.4, -0.2) is 4.57 Å². The molecule has 0 saturated carbocycles. The Morgan fingerprint density at radius 1 is 0.492 bits per heavy atom. The van der Waals surface area contributed by atoms with Crippen molar-refractivity contribution in [1.82, 2.24) is 4.57 Å². The SMILES string of the molecule is CC1(C)c2ccccc2C2C=CC(c3ccc4sc5c6ccccc6c6c(c5c4c3)c3c4ccccc4c4ccccc4c3n6-c3ccc(-c4ccccc4)cc3)=CC21. The fourth-order valence-electron chi connectivity index (χ4n) is 11.1. The van der Waals surface area contributed by atoms with Crippen molar-refractivity contribution in [3.8, 4) is 16.8 Å². The molecule has 278 valence electrons. The summed E-state index contributed by atoms with van der Waals surface area (Å²) in [5, 5.41) is 13.1. The zero-order valence-electron chi connectivity index (χ0n) is 32.9. The second-order valence-electron chi connectivity index (χ2n) is 17.2. The Labute approximate surface area is 346 Å². The van der Waals surface area contributed by atoms with E-state index in [-0.39, 0.29) is 5.41 Å². The number of allylic oxidation sites excluding steroid dienone is 4. The fourth-order valence-corrected chi connectivity index (χ4v) is 12.4. The van der Waals surface area contributed by atoms with Gasteiger partial charge in [-0.2, -0.15) is 0 Å². The van der Waals surface area contributed by atoms with Crippen LogP contribution in [0.1, 0.15) is 36.5 Å². The largest absolute Gasteiger partial charge is 0.308 e. The molecule has 0 radical (unpaired) electrons. The number of rotatable bonds is 3. The Balaban J connectivity index is 1.16. The number of thiophene rings is 1. The van der Waals surface area contributed by atoms with Crippen LogP contribution < -0.4 is 0 Å². The molecule has 2 aliphatic rings. The van der Waals surface area contributed by atoms with Crippen LogP contribution in [0.25, 0.3) is 96.7 Å². The second-order valence-corrected chi connectivity index (χ2v) is 18.2. The zero-order chi connectivity index (χ0) is 39.0. The van der Waals surface area contributed by atoms with Gasteiger partial charge in [-0.25, -0.2) is 0 Å². The van der Waals surface area contributed by atoms with Crippen molar-refractivity contribution in [2.75, 3.05) is 0 Å². The van der Waals surface area contributed by atoms with E-state index < -0.39 is 0 Å². The minimum absolute atomic E-state index is 0.0620. The van der Waals surface area contributed by atoms with Gasteiger partial charge in [-0.05, 0) is 85.1 Å². The Morgan fingerprint density at radius 2 is 1.08 bits per heavy atom. The number of aromatic nitrogens is 1. The molecule has 0 aliphatic heterocycles. The number of hydrogen-bond acceptors (Lipinski definition) is 1. The lowest BCUT2D eigenvalue weighted by atomic mass is 9.73. The van der Waals surface area contributed by atoms with E-state index in [2.05, 4.69) is 207 Å². The third kappa shape index (κ3) is 4.55. The van der Waals surface area contributed by atoms with Crippen LogP contribution in [0.3, 0.4) is 0 Å². The van der Waals surface area contributed by atoms with Crippen LogP contribution in [0.2, 0.25) is 0 Å². The molecule has 9 aromatic carbocycles. The molecule has 13 rings (SSSR count). The van der Waals surface area contributed by atoms with Crippen LogP contribution in [0, 0.1) is 5.92 Å². The molecule has 0 saturated heterocycles. The highest BCUT2D eigenvalue weighted by Gasteiger charge is 2.45. The number of hydrogen-bond donors (Lipinski definition) is 0. The van der Waals surface area contributed by atoms with Crippen molar-refractivity contribution in [2.24, 2.45) is 5.92 Å². The first-order valence-electron chi connectivity index (χ1n) is 20.8. The van der Waals surface area contributed by atoms with Crippen LogP contribution in [0.5, 0.6) is 0 Å². The van der Waals surface area contributed by atoms with Gasteiger partial charge < -0.3 is 4.57 Å². The van der Waals surface area contributed by atoms with Gasteiger partial charge in [-0.15, -0.1) is 11.3 Å². The van der Waals surface area contributed by atoms with Crippen molar-refractivity contribution in [1.29, 1.82) is 0 Å². The van der Waals surface area contributed by atoms with E-state index >= 15 is 0 Å². The van der Waals surface area contributed by atoms with E-state index in [0.29, 0.717) is 11.8 Å². The first kappa shape index (κ1) is 33.3. The molecule has 2 heteroatoms. The smallest absolute Gasteiger partial charge is 0.0627 e. The molecule has 2 heterocycles. The first-order valence-corrected chi connectivity index (χ1v) is 21.7. The Morgan fingerprint density at radius 3 is 1.86 bits per heavy atom. The lowest BCUT2D eigenvalue weighted by Crippen LogP contribution is -2.25. The monoisotopic (exact) mass is 769 g/mol. The van der Waals surface area contributed by atoms with E-state index in [1.54, 1.807) is 0 Å². The molecule has 2 aromatic heterocycles. The van der Waals surface area contributed by atoms with Crippen molar-refractivity contribution >= 4 is 91.2 Å². The molecule has 0 amide bonds. The summed E-state index contributed by atoms with van der Waals surface area (Å²) in [4.78, 5) is 0. The summed E-state index contributed by atoms with van der Waals surface area (Å²) in [7, 11) is 0. The summed E-state index contributed by atoms with van der Waals surface area (Å²) >= 11 is 1.94. The Hall–Kier alpha value is -6.74. The van der Waals surface area contributed by atoms with Gasteiger partial charge in [0.25, 0.3) is 0 Å². The lowest BCUT2D eigenvalue weighted by molar-refractivity contribution is 0.395. The maximum absolute atomic E-state index is 2.59. The Kier molecular flexibility index (Phi) is 6.84. The van der Waals surface area contributed by atoms with E-state index in [1.165, 1.54) is 113 Å². The molecule has 0 bridgehead atoms. The summed E-state index contributed by atoms with van der Waals surface area (Å²) in [6, 6.07) is 63.5. The predicted molar refractivity (Wildman–Crippen MR) is 254 cm³/mol. The van der Waals surface area contributed by atoms with E-state index in [1.807, 2.05) is 11.3 Å². The minimum atomic E-state index is 0.0620. The molecule has 2 aliphatic carbocycles. The quantitative estimate of drug-likeness (QED) is 0.158. The second kappa shape index (κ2) is 12.1. The fraction of sp³-hybridized carbons (Fsp3) is 0.0877. The highest BCUT2D eigenvalue weighted by Crippen LogP contribution is 2.55. The highest BCUT2D eigenvalue weighted by atomic mass is 32.1. The van der Waals surface area contributed by atoms with Crippen LogP contribution >= 0.6 is 11.3 Å². The highest BCUT2D eigenvalue weighted by molar-refractivity contribution is 7.27. The first-order chi connectivity index (χ1) is 29.0. The van der Waals surface area contributed by atoms with Crippen molar-refractivity contribution in [2.45, 2.75) is 25.2 Å². The van der Waals surface area contributed by atoms with E-state index in [4.69, 9.17) is 0 Å². The summed E-state index contributed by atoms with van der Waals surface area (Å²) in [5.41, 5.74) is 11.8. The third-order valence-electron chi connectivity index (χ3n) is 13.8. The lowest BCUT2D eigenvalue weighted by Gasteiger charge is -2.31. The van der Waals surface area contributed by atoms with Crippen molar-refractivity contribution in [3.05, 3.63) is 205 Å². The maximum atomic E-state index is 2.59. The summed E-state index contributed by atoms with van der Waals surface area (Å²) in [5.74, 6) is 0.828. The molecule has 0 spiro atoms. The number of nitrogens with zero attached hydrogens (tertiary/aromatic N) is 1. The molecule has 59 heavy (non-hydrogen) atoms. The summed E-state index contributed by atoms with van der Waals surface area (Å²) < 4.78 is 5.28. The summed E-state index contributed by atoms with van der Waals surface area (Å²) in [6.07, 6.45) is 7.45. The van der Waals surface area contributed by atoms with Crippen LogP contribution in [-0.2, 0) is 5.41 Å².